The van der Waals surface area contributed by atoms with E-state index in [0.717, 1.165) is 18.8 Å². The molecule has 0 aliphatic rings. The second-order valence-electron chi connectivity index (χ2n) is 8.63. The Bertz CT molecular complexity index is 939. The molecule has 0 radical (unpaired) electrons. The van der Waals surface area contributed by atoms with E-state index < -0.39 is 0 Å². The van der Waals surface area contributed by atoms with Crippen molar-refractivity contribution in [1.29, 1.82) is 0 Å². The smallest absolute Gasteiger partial charge is 0.147 e. The molecule has 0 saturated carbocycles. The van der Waals surface area contributed by atoms with Crippen molar-refractivity contribution in [2.24, 2.45) is 0 Å². The molecule has 0 aliphatic carbocycles. The monoisotopic (exact) mass is 431 g/mol. The van der Waals surface area contributed by atoms with Crippen LogP contribution in [-0.4, -0.2) is 46.3 Å². The number of nitrogens with zero attached hydrogens (tertiary/aromatic N) is 3. The molecule has 0 saturated heterocycles. The highest BCUT2D eigenvalue weighted by Crippen LogP contribution is 2.37. The van der Waals surface area contributed by atoms with E-state index in [9.17, 15) is 0 Å². The van der Waals surface area contributed by atoms with Gasteiger partial charge in [0.05, 0.1) is 0 Å². The number of rotatable bonds is 9. The van der Waals surface area contributed by atoms with Crippen LogP contribution in [0.15, 0.2) is 66.7 Å². The summed E-state index contributed by atoms with van der Waals surface area (Å²) < 4.78 is 0. The predicted octanol–water partition coefficient (Wildman–Crippen LogP) is 5.94. The van der Waals surface area contributed by atoms with E-state index in [2.05, 4.69) is 125 Å². The van der Waals surface area contributed by atoms with Gasteiger partial charge in [-0.3, -0.25) is 0 Å². The van der Waals surface area contributed by atoms with Gasteiger partial charge in [0.15, 0.2) is 0 Å². The summed E-state index contributed by atoms with van der Waals surface area (Å²) in [5.74, 6) is 1.01. The van der Waals surface area contributed by atoms with Gasteiger partial charge in [0.25, 0.3) is 0 Å². The average Bonchev–Trinajstić information content (AvgIpc) is 2.80. The van der Waals surface area contributed by atoms with E-state index in [4.69, 9.17) is 4.84 Å². The van der Waals surface area contributed by atoms with E-state index in [-0.39, 0.29) is 5.92 Å². The lowest BCUT2D eigenvalue weighted by atomic mass is 9.83. The van der Waals surface area contributed by atoms with Crippen LogP contribution in [0.25, 0.3) is 0 Å². The fourth-order valence-electron chi connectivity index (χ4n) is 3.97. The third-order valence-electron chi connectivity index (χ3n) is 5.99. The van der Waals surface area contributed by atoms with Gasteiger partial charge in [-0.15, -0.1) is 5.06 Å². The van der Waals surface area contributed by atoms with E-state index in [1.54, 1.807) is 0 Å². The van der Waals surface area contributed by atoms with E-state index >= 15 is 0 Å². The summed E-state index contributed by atoms with van der Waals surface area (Å²) in [5, 5.41) is 1.97. The fourth-order valence-corrected chi connectivity index (χ4v) is 3.97. The van der Waals surface area contributed by atoms with Gasteiger partial charge in [-0.05, 0) is 79.4 Å². The van der Waals surface area contributed by atoms with Gasteiger partial charge in [-0.2, -0.15) is 0 Å². The first kappa shape index (κ1) is 23.7. The molecule has 170 valence electrons. The van der Waals surface area contributed by atoms with Crippen molar-refractivity contribution in [2.75, 3.05) is 51.1 Å². The summed E-state index contributed by atoms with van der Waals surface area (Å²) >= 11 is 0. The standard InChI is InChI=1S/C28H37N3O/c1-8-31(9-2)32-26-19-10-21(3)27(20-26)28(22-11-15-24(16-12-22)29(4)5)23-13-17-25(18-14-23)30(6)7/h10-20,28H,8-9H2,1-7H3. The van der Waals surface area contributed by atoms with E-state index in [1.807, 2.05) is 5.06 Å². The van der Waals surface area contributed by atoms with Gasteiger partial charge >= 0.3 is 0 Å². The van der Waals surface area contributed by atoms with Crippen molar-refractivity contribution in [3.8, 4) is 5.75 Å². The molecule has 3 aromatic carbocycles. The maximum Gasteiger partial charge on any atom is 0.147 e. The maximum absolute atomic E-state index is 6.15. The Balaban J connectivity index is 2.09. The van der Waals surface area contributed by atoms with Crippen LogP contribution in [0.3, 0.4) is 0 Å². The molecular weight excluding hydrogens is 394 g/mol. The molecule has 0 aliphatic heterocycles. The van der Waals surface area contributed by atoms with Gasteiger partial charge in [0.2, 0.25) is 0 Å². The number of aryl methyl sites for hydroxylation is 1. The van der Waals surface area contributed by atoms with Crippen molar-refractivity contribution in [2.45, 2.75) is 26.7 Å². The summed E-state index contributed by atoms with van der Waals surface area (Å²) in [6.07, 6.45) is 0. The number of hydrogen-bond donors (Lipinski definition) is 0. The Hall–Kier alpha value is -2.98. The quantitative estimate of drug-likeness (QED) is 0.308. The Morgan fingerprint density at radius 3 is 1.56 bits per heavy atom. The molecule has 4 nitrogen and oxygen atoms in total. The molecule has 4 heteroatoms. The maximum atomic E-state index is 6.15. The Morgan fingerprint density at radius 2 is 1.16 bits per heavy atom. The SMILES string of the molecule is CCN(CC)Oc1ccc(C)c(C(c2ccc(N(C)C)cc2)c2ccc(N(C)C)cc2)c1. The minimum Gasteiger partial charge on any atom is -0.406 e. The van der Waals surface area contributed by atoms with Crippen molar-refractivity contribution in [3.63, 3.8) is 0 Å². The number of benzene rings is 3. The van der Waals surface area contributed by atoms with Crippen molar-refractivity contribution >= 4 is 11.4 Å². The summed E-state index contributed by atoms with van der Waals surface area (Å²) in [7, 11) is 8.30. The highest BCUT2D eigenvalue weighted by Gasteiger charge is 2.20. The first-order chi connectivity index (χ1) is 15.3. The largest absolute Gasteiger partial charge is 0.406 e. The second kappa shape index (κ2) is 10.6. The van der Waals surface area contributed by atoms with Crippen molar-refractivity contribution in [3.05, 3.63) is 89.0 Å². The fraction of sp³-hybridized carbons (Fsp3) is 0.357. The second-order valence-corrected chi connectivity index (χ2v) is 8.63. The minimum atomic E-state index is 0.127. The Kier molecular flexibility index (Phi) is 7.81. The molecule has 3 rings (SSSR count). The molecule has 0 fully saturated rings. The number of anilines is 2. The van der Waals surface area contributed by atoms with Crippen LogP contribution in [-0.2, 0) is 0 Å². The summed E-state index contributed by atoms with van der Waals surface area (Å²) in [5.41, 5.74) is 7.48. The van der Waals surface area contributed by atoms with Gasteiger partial charge in [-0.1, -0.05) is 30.3 Å². The molecule has 0 unspecified atom stereocenters. The highest BCUT2D eigenvalue weighted by molar-refractivity contribution is 5.55. The Morgan fingerprint density at radius 1 is 0.688 bits per heavy atom. The number of hydroxylamine groups is 2. The lowest BCUT2D eigenvalue weighted by Gasteiger charge is -2.25. The van der Waals surface area contributed by atoms with Crippen LogP contribution in [0.4, 0.5) is 11.4 Å². The first-order valence-corrected chi connectivity index (χ1v) is 11.4. The molecule has 0 N–H and O–H groups in total. The van der Waals surface area contributed by atoms with Gasteiger partial charge in [0, 0.05) is 58.6 Å². The van der Waals surface area contributed by atoms with Crippen molar-refractivity contribution in [1.82, 2.24) is 5.06 Å². The van der Waals surface area contributed by atoms with Gasteiger partial charge in [-0.25, -0.2) is 0 Å². The predicted molar refractivity (Wildman–Crippen MR) is 137 cm³/mol. The zero-order valence-electron chi connectivity index (χ0n) is 20.6. The molecule has 0 aromatic heterocycles. The third kappa shape index (κ3) is 5.43. The van der Waals surface area contributed by atoms with Gasteiger partial charge < -0.3 is 14.6 Å². The Labute approximate surface area is 194 Å². The van der Waals surface area contributed by atoms with Crippen LogP contribution < -0.4 is 14.6 Å². The zero-order valence-corrected chi connectivity index (χ0v) is 20.6. The molecule has 3 aromatic rings. The van der Waals surface area contributed by atoms with Gasteiger partial charge in [0.1, 0.15) is 5.75 Å². The molecule has 0 bridgehead atoms. The summed E-state index contributed by atoms with van der Waals surface area (Å²) in [4.78, 5) is 10.4. The van der Waals surface area contributed by atoms with Crippen LogP contribution in [0.2, 0.25) is 0 Å². The normalized spacial score (nSPS) is 11.2. The average molecular weight is 432 g/mol. The molecule has 0 amide bonds. The number of hydrogen-bond acceptors (Lipinski definition) is 4. The van der Waals surface area contributed by atoms with E-state index in [1.165, 1.54) is 33.6 Å². The van der Waals surface area contributed by atoms with Crippen LogP contribution >= 0.6 is 0 Å². The molecule has 0 atom stereocenters. The van der Waals surface area contributed by atoms with E-state index in [0.29, 0.717) is 0 Å². The molecule has 0 heterocycles. The molecule has 32 heavy (non-hydrogen) atoms. The molecule has 0 spiro atoms. The van der Waals surface area contributed by atoms with Crippen LogP contribution in [0.1, 0.15) is 42.0 Å². The lowest BCUT2D eigenvalue weighted by Crippen LogP contribution is -2.26. The summed E-state index contributed by atoms with van der Waals surface area (Å²) in [6.45, 7) is 8.11. The zero-order chi connectivity index (χ0) is 23.3. The van der Waals surface area contributed by atoms with Crippen molar-refractivity contribution < 1.29 is 4.84 Å². The third-order valence-corrected chi connectivity index (χ3v) is 5.99. The molecular formula is C28H37N3O. The minimum absolute atomic E-state index is 0.127. The highest BCUT2D eigenvalue weighted by atomic mass is 16.7. The lowest BCUT2D eigenvalue weighted by molar-refractivity contribution is -0.0487. The summed E-state index contributed by atoms with van der Waals surface area (Å²) in [6, 6.07) is 24.2. The van der Waals surface area contributed by atoms with Crippen LogP contribution in [0.5, 0.6) is 5.75 Å². The first-order valence-electron chi connectivity index (χ1n) is 11.4. The topological polar surface area (TPSA) is 19.0 Å². The van der Waals surface area contributed by atoms with Crippen LogP contribution in [0, 0.1) is 6.92 Å².